The molecule has 3 atom stereocenters. The molecule has 0 saturated carbocycles. The van der Waals surface area contributed by atoms with Crippen molar-refractivity contribution in [2.45, 2.75) is 90.6 Å². The summed E-state index contributed by atoms with van der Waals surface area (Å²) in [6.45, 7) is 10.9. The average Bonchev–Trinajstić information content (AvgIpc) is 2.94. The molecule has 0 aliphatic carbocycles. The predicted molar refractivity (Wildman–Crippen MR) is 170 cm³/mol. The van der Waals surface area contributed by atoms with Gasteiger partial charge < -0.3 is 40.6 Å². The number of ether oxygens (including phenoxy) is 3. The van der Waals surface area contributed by atoms with E-state index in [0.717, 1.165) is 0 Å². The van der Waals surface area contributed by atoms with Crippen molar-refractivity contribution in [2.75, 3.05) is 6.54 Å². The Kier molecular flexibility index (Phi) is 13.7. The van der Waals surface area contributed by atoms with E-state index in [4.69, 9.17) is 14.2 Å². The quantitative estimate of drug-likeness (QED) is 0.158. The smallest absolute Gasteiger partial charge is 0.480 e. The third-order valence-corrected chi connectivity index (χ3v) is 6.05. The minimum Gasteiger partial charge on any atom is -0.480 e. The van der Waals surface area contributed by atoms with Crippen molar-refractivity contribution in [2.24, 2.45) is 0 Å². The first-order chi connectivity index (χ1) is 21.8. The fourth-order valence-corrected chi connectivity index (χ4v) is 3.95. The van der Waals surface area contributed by atoms with Crippen molar-refractivity contribution in [3.8, 4) is 5.75 Å². The summed E-state index contributed by atoms with van der Waals surface area (Å²) >= 11 is 0. The molecule has 0 aliphatic heterocycles. The number of rotatable bonds is 13. The minimum absolute atomic E-state index is 0.0213. The fourth-order valence-electron chi connectivity index (χ4n) is 3.95. The number of hydrogen-bond donors (Lipinski definition) is 5. The summed E-state index contributed by atoms with van der Waals surface area (Å²) in [7, 11) is 0. The summed E-state index contributed by atoms with van der Waals surface area (Å²) in [5.41, 5.74) is -0.299. The molecular formula is C33H44N4O10. The van der Waals surface area contributed by atoms with Crippen LogP contribution in [-0.2, 0) is 41.5 Å². The Morgan fingerprint density at radius 1 is 0.702 bits per heavy atom. The van der Waals surface area contributed by atoms with Crippen LogP contribution in [0, 0.1) is 0 Å². The second-order valence-electron chi connectivity index (χ2n) is 12.7. The summed E-state index contributed by atoms with van der Waals surface area (Å²) in [5, 5.41) is 19.3. The van der Waals surface area contributed by atoms with E-state index in [2.05, 4.69) is 21.3 Å². The predicted octanol–water partition coefficient (Wildman–Crippen LogP) is 2.87. The van der Waals surface area contributed by atoms with Crippen LogP contribution in [0.2, 0.25) is 0 Å². The van der Waals surface area contributed by atoms with Crippen LogP contribution in [-0.4, -0.2) is 76.9 Å². The summed E-state index contributed by atoms with van der Waals surface area (Å²) in [6.07, 6.45) is -1.71. The zero-order valence-electron chi connectivity index (χ0n) is 27.7. The Morgan fingerprint density at radius 2 is 1.26 bits per heavy atom. The van der Waals surface area contributed by atoms with Crippen LogP contribution in [0.25, 0.3) is 0 Å². The van der Waals surface area contributed by atoms with E-state index in [1.807, 2.05) is 0 Å². The monoisotopic (exact) mass is 656 g/mol. The molecule has 0 saturated heterocycles. The van der Waals surface area contributed by atoms with Crippen LogP contribution in [0.4, 0.5) is 9.59 Å². The van der Waals surface area contributed by atoms with E-state index in [9.17, 15) is 33.9 Å². The number of carbonyl (C=O) groups is 6. The van der Waals surface area contributed by atoms with Crippen molar-refractivity contribution in [3.05, 3.63) is 65.7 Å². The Labute approximate surface area is 273 Å². The molecule has 0 spiro atoms. The van der Waals surface area contributed by atoms with Gasteiger partial charge in [-0.05, 0) is 71.7 Å². The standard InChI is InChI=1S/C33H44N4O10/c1-20(27(39)34-19-26(38)36-25(29(41)42)18-21-11-9-8-10-12-21)35-28(40)24(37-30(43)46-32(2,3)4)17-22-13-15-23(16-14-22)45-31(44)47-33(5,6)7/h8-16,20,24-25H,17-19H2,1-7H3,(H,34,39)(H,35,40)(H,36,38)(H,37,43)(H,41,42)/t20-,24+,25+/m1/s1. The Hall–Kier alpha value is -5.14. The first-order valence-corrected chi connectivity index (χ1v) is 14.9. The summed E-state index contributed by atoms with van der Waals surface area (Å²) < 4.78 is 15.6. The van der Waals surface area contributed by atoms with Gasteiger partial charge in [-0.2, -0.15) is 0 Å². The number of nitrogens with one attached hydrogen (secondary N) is 4. The van der Waals surface area contributed by atoms with Gasteiger partial charge in [-0.15, -0.1) is 0 Å². The Morgan fingerprint density at radius 3 is 1.81 bits per heavy atom. The van der Waals surface area contributed by atoms with Gasteiger partial charge in [0.25, 0.3) is 0 Å². The molecule has 2 aromatic rings. The number of alkyl carbamates (subject to hydrolysis) is 1. The van der Waals surface area contributed by atoms with E-state index in [1.54, 1.807) is 84.0 Å². The van der Waals surface area contributed by atoms with E-state index in [-0.39, 0.29) is 18.6 Å². The van der Waals surface area contributed by atoms with Crippen molar-refractivity contribution >= 4 is 35.9 Å². The van der Waals surface area contributed by atoms with Gasteiger partial charge in [0.15, 0.2) is 0 Å². The lowest BCUT2D eigenvalue weighted by molar-refractivity contribution is -0.141. The number of carboxylic acid groups (broad SMARTS) is 1. The Bertz CT molecular complexity index is 1400. The number of hydrogen-bond acceptors (Lipinski definition) is 9. The van der Waals surface area contributed by atoms with E-state index >= 15 is 0 Å². The summed E-state index contributed by atoms with van der Waals surface area (Å²) in [6, 6.07) is 11.4. The molecule has 0 heterocycles. The second-order valence-corrected chi connectivity index (χ2v) is 12.7. The molecule has 0 aliphatic rings. The molecule has 0 unspecified atom stereocenters. The average molecular weight is 657 g/mol. The number of carboxylic acids is 1. The van der Waals surface area contributed by atoms with Gasteiger partial charge in [0.2, 0.25) is 17.7 Å². The fraction of sp³-hybridized carbons (Fsp3) is 0.455. The molecule has 256 valence electrons. The van der Waals surface area contributed by atoms with Crippen LogP contribution in [0.1, 0.15) is 59.6 Å². The number of aliphatic carboxylic acids is 1. The van der Waals surface area contributed by atoms with Crippen molar-refractivity contribution in [1.82, 2.24) is 21.3 Å². The topological polar surface area (TPSA) is 198 Å². The molecule has 14 heteroatoms. The molecule has 14 nitrogen and oxygen atoms in total. The molecule has 4 amide bonds. The molecule has 0 bridgehead atoms. The van der Waals surface area contributed by atoms with Crippen molar-refractivity contribution in [1.29, 1.82) is 0 Å². The van der Waals surface area contributed by atoms with Gasteiger partial charge in [-0.25, -0.2) is 14.4 Å². The van der Waals surface area contributed by atoms with Gasteiger partial charge in [0.05, 0.1) is 6.54 Å². The lowest BCUT2D eigenvalue weighted by Crippen LogP contribution is -2.55. The van der Waals surface area contributed by atoms with Gasteiger partial charge >= 0.3 is 18.2 Å². The summed E-state index contributed by atoms with van der Waals surface area (Å²) in [4.78, 5) is 74.5. The second kappa shape index (κ2) is 17.0. The maximum Gasteiger partial charge on any atom is 0.514 e. The zero-order valence-corrected chi connectivity index (χ0v) is 27.7. The lowest BCUT2D eigenvalue weighted by Gasteiger charge is -2.24. The van der Waals surface area contributed by atoms with Crippen LogP contribution < -0.4 is 26.0 Å². The first-order valence-electron chi connectivity index (χ1n) is 14.9. The molecular weight excluding hydrogens is 612 g/mol. The summed E-state index contributed by atoms with van der Waals surface area (Å²) in [5.74, 6) is -3.20. The molecule has 5 N–H and O–H groups in total. The van der Waals surface area contributed by atoms with Gasteiger partial charge in [0, 0.05) is 12.8 Å². The molecule has 2 rings (SSSR count). The molecule has 2 aromatic carbocycles. The SMILES string of the molecule is C[C@@H](NC(=O)[C@H](Cc1ccc(OC(=O)OC(C)(C)C)cc1)NC(=O)OC(C)(C)C)C(=O)NCC(=O)N[C@@H](Cc1ccccc1)C(=O)O. The normalized spacial score (nSPS) is 13.2. The maximum atomic E-state index is 13.2. The van der Waals surface area contributed by atoms with Gasteiger partial charge in [-0.3, -0.25) is 14.4 Å². The zero-order chi connectivity index (χ0) is 35.4. The number of carbonyl (C=O) groups excluding carboxylic acids is 5. The lowest BCUT2D eigenvalue weighted by atomic mass is 10.0. The molecule has 0 fully saturated rings. The largest absolute Gasteiger partial charge is 0.514 e. The Balaban J connectivity index is 2.02. The molecule has 0 aromatic heterocycles. The van der Waals surface area contributed by atoms with E-state index in [0.29, 0.717) is 11.1 Å². The molecule has 47 heavy (non-hydrogen) atoms. The van der Waals surface area contributed by atoms with Crippen molar-refractivity contribution in [3.63, 3.8) is 0 Å². The highest BCUT2D eigenvalue weighted by Crippen LogP contribution is 2.17. The van der Waals surface area contributed by atoms with Crippen LogP contribution in [0.3, 0.4) is 0 Å². The highest BCUT2D eigenvalue weighted by Gasteiger charge is 2.28. The maximum absolute atomic E-state index is 13.2. The molecule has 0 radical (unpaired) electrons. The van der Waals surface area contributed by atoms with Crippen LogP contribution in [0.15, 0.2) is 54.6 Å². The minimum atomic E-state index is -1.23. The van der Waals surface area contributed by atoms with Crippen molar-refractivity contribution < 1.29 is 48.1 Å². The third kappa shape index (κ3) is 15.1. The van der Waals surface area contributed by atoms with Crippen LogP contribution in [0.5, 0.6) is 5.75 Å². The van der Waals surface area contributed by atoms with Gasteiger partial charge in [-0.1, -0.05) is 42.5 Å². The van der Waals surface area contributed by atoms with E-state index < -0.39 is 71.8 Å². The van der Waals surface area contributed by atoms with Gasteiger partial charge in [0.1, 0.15) is 35.1 Å². The van der Waals surface area contributed by atoms with E-state index in [1.165, 1.54) is 19.1 Å². The number of amides is 4. The highest BCUT2D eigenvalue weighted by atomic mass is 16.7. The highest BCUT2D eigenvalue weighted by molar-refractivity contribution is 5.93. The van der Waals surface area contributed by atoms with Crippen LogP contribution >= 0.6 is 0 Å². The first kappa shape index (κ1) is 38.0. The third-order valence-electron chi connectivity index (χ3n) is 6.05. The number of benzene rings is 2.